The van der Waals surface area contributed by atoms with Crippen molar-refractivity contribution in [3.63, 3.8) is 0 Å². The van der Waals surface area contributed by atoms with Crippen molar-refractivity contribution < 1.29 is 0 Å². The summed E-state index contributed by atoms with van der Waals surface area (Å²) in [5.74, 6) is 0. The summed E-state index contributed by atoms with van der Waals surface area (Å²) < 4.78 is 5.65. The second-order valence-electron chi connectivity index (χ2n) is 12.5. The third-order valence-electron chi connectivity index (χ3n) is 9.63. The molecule has 2 nitrogen and oxygen atoms in total. The molecule has 0 aliphatic rings. The summed E-state index contributed by atoms with van der Waals surface area (Å²) >= 11 is -3.31. The maximum absolute atomic E-state index is 7.44. The van der Waals surface area contributed by atoms with Crippen LogP contribution >= 0.6 is 0 Å². The predicted octanol–water partition coefficient (Wildman–Crippen LogP) is 9.90. The van der Waals surface area contributed by atoms with Gasteiger partial charge < -0.3 is 0 Å². The number of benzene rings is 8. The Morgan fingerprint density at radius 1 is 0.360 bits per heavy atom. The van der Waals surface area contributed by atoms with Crippen LogP contribution in [0.3, 0.4) is 0 Å². The van der Waals surface area contributed by atoms with Crippen molar-refractivity contribution in [3.05, 3.63) is 218 Å². The molecule has 3 heteroatoms. The molecular formula is C47H34GeN2. The molecule has 50 heavy (non-hydrogen) atoms. The van der Waals surface area contributed by atoms with Crippen LogP contribution in [-0.4, -0.2) is 13.3 Å². The summed E-state index contributed by atoms with van der Waals surface area (Å²) in [6.45, 7) is 7.44. The van der Waals surface area contributed by atoms with Gasteiger partial charge in [0.2, 0.25) is 0 Å². The number of rotatable bonds is 8. The van der Waals surface area contributed by atoms with E-state index in [1.54, 1.807) is 0 Å². The molecule has 0 fully saturated rings. The minimum atomic E-state index is -3.31. The van der Waals surface area contributed by atoms with Gasteiger partial charge in [-0.3, -0.25) is 0 Å². The molecule has 0 saturated carbocycles. The molecule has 0 bridgehead atoms. The molecule has 0 aliphatic carbocycles. The molecule has 0 aromatic heterocycles. The van der Waals surface area contributed by atoms with E-state index in [0.717, 1.165) is 17.1 Å². The molecule has 0 aliphatic heterocycles. The van der Waals surface area contributed by atoms with E-state index in [9.17, 15) is 0 Å². The van der Waals surface area contributed by atoms with E-state index in [0.29, 0.717) is 5.69 Å². The molecule has 8 rings (SSSR count). The summed E-state index contributed by atoms with van der Waals surface area (Å²) in [7, 11) is 0. The average Bonchev–Trinajstić information content (AvgIpc) is 3.20. The first-order chi connectivity index (χ1) is 24.7. The molecule has 0 saturated heterocycles. The Labute approximate surface area is 296 Å². The van der Waals surface area contributed by atoms with Crippen molar-refractivity contribution in [1.82, 2.24) is 0 Å². The van der Waals surface area contributed by atoms with Crippen LogP contribution in [0.2, 0.25) is 0 Å². The topological polar surface area (TPSA) is 7.60 Å². The van der Waals surface area contributed by atoms with Gasteiger partial charge in [0, 0.05) is 0 Å². The molecule has 0 atom stereocenters. The van der Waals surface area contributed by atoms with Crippen LogP contribution in [0.25, 0.3) is 26.7 Å². The molecule has 0 unspecified atom stereocenters. The summed E-state index contributed by atoms with van der Waals surface area (Å²) in [5, 5.41) is 2.39. The van der Waals surface area contributed by atoms with Crippen LogP contribution in [0.4, 0.5) is 22.7 Å². The number of hydrogen-bond donors (Lipinski definition) is 0. The number of anilines is 3. The van der Waals surface area contributed by atoms with Crippen molar-refractivity contribution in [2.24, 2.45) is 0 Å². The molecule has 0 N–H and O–H groups in total. The van der Waals surface area contributed by atoms with Crippen LogP contribution in [0.15, 0.2) is 206 Å². The fourth-order valence-electron chi connectivity index (χ4n) is 7.22. The number of nitrogens with zero attached hydrogens (tertiary/aromatic N) is 2. The van der Waals surface area contributed by atoms with Crippen LogP contribution in [0.1, 0.15) is 0 Å². The van der Waals surface area contributed by atoms with Crippen molar-refractivity contribution in [1.29, 1.82) is 0 Å². The zero-order valence-corrected chi connectivity index (χ0v) is 29.6. The zero-order valence-electron chi connectivity index (χ0n) is 27.5. The van der Waals surface area contributed by atoms with Crippen molar-refractivity contribution in [2.45, 2.75) is 0 Å². The monoisotopic (exact) mass is 700 g/mol. The van der Waals surface area contributed by atoms with Gasteiger partial charge in [0.25, 0.3) is 0 Å². The van der Waals surface area contributed by atoms with Gasteiger partial charge >= 0.3 is 251 Å². The Morgan fingerprint density at radius 3 is 1.26 bits per heavy atom. The standard InChI is InChI=1S/C47H34GeN2/c1-49-44-28-33-46(34-29-44)50(47-32-25-36-13-11-12-14-39(36)35-47)45-30-23-38(24-31-45)37-21-26-43(27-22-37)48(40-15-5-2-6-16-40,41-17-7-3-8-18-41)42-19-9-4-10-20-42/h2-35H. The van der Waals surface area contributed by atoms with Crippen molar-refractivity contribution in [2.75, 3.05) is 4.90 Å². The van der Waals surface area contributed by atoms with Gasteiger partial charge in [-0.15, -0.1) is 0 Å². The average molecular weight is 699 g/mol. The van der Waals surface area contributed by atoms with Gasteiger partial charge in [-0.05, 0) is 5.39 Å². The van der Waals surface area contributed by atoms with Gasteiger partial charge in [0.15, 0.2) is 5.69 Å². The molecule has 236 valence electrons. The summed E-state index contributed by atoms with van der Waals surface area (Å²) in [4.78, 5) is 5.87. The van der Waals surface area contributed by atoms with E-state index in [1.807, 2.05) is 24.3 Å². The third kappa shape index (κ3) is 5.79. The summed E-state index contributed by atoms with van der Waals surface area (Å²) in [6.07, 6.45) is 0. The molecular weight excluding hydrogens is 665 g/mol. The van der Waals surface area contributed by atoms with Crippen LogP contribution < -0.4 is 22.5 Å². The number of hydrogen-bond acceptors (Lipinski definition) is 1. The maximum atomic E-state index is 7.44. The van der Waals surface area contributed by atoms with Gasteiger partial charge in [0.1, 0.15) is 0 Å². The Kier molecular flexibility index (Phi) is 8.57. The quantitative estimate of drug-likeness (QED) is 0.113. The first-order valence-electron chi connectivity index (χ1n) is 16.9. The predicted molar refractivity (Wildman–Crippen MR) is 214 cm³/mol. The molecule has 0 radical (unpaired) electrons. The van der Waals surface area contributed by atoms with Gasteiger partial charge in [-0.1, -0.05) is 24.3 Å². The van der Waals surface area contributed by atoms with Crippen LogP contribution in [0, 0.1) is 6.57 Å². The number of fused-ring (bicyclic) bond motifs is 1. The molecule has 8 aromatic rings. The second-order valence-corrected chi connectivity index (χ2v) is 20.5. The van der Waals surface area contributed by atoms with Crippen molar-refractivity contribution in [3.8, 4) is 11.1 Å². The Morgan fingerprint density at radius 2 is 0.760 bits per heavy atom. The SMILES string of the molecule is [C-]#[N+]c1ccc(N(c2ccc(-c3cc[c]([Ge]([c]4ccccc4)([c]4ccccc4)[c]4ccccc4)cc3)cc2)c2ccc3ccccc3c2)cc1. The van der Waals surface area contributed by atoms with Crippen molar-refractivity contribution >= 4 is 64.4 Å². The Balaban J connectivity index is 1.19. The molecule has 0 amide bonds. The van der Waals surface area contributed by atoms with E-state index in [1.165, 1.54) is 39.5 Å². The zero-order chi connectivity index (χ0) is 33.8. The Bertz CT molecular complexity index is 2300. The summed E-state index contributed by atoms with van der Waals surface area (Å²) in [5.41, 5.74) is 6.12. The van der Waals surface area contributed by atoms with Crippen LogP contribution in [0.5, 0.6) is 0 Å². The van der Waals surface area contributed by atoms with Gasteiger partial charge in [0.05, 0.1) is 6.57 Å². The molecule has 0 spiro atoms. The van der Waals surface area contributed by atoms with E-state index in [2.05, 4.69) is 192 Å². The van der Waals surface area contributed by atoms with E-state index in [4.69, 9.17) is 6.57 Å². The Hall–Kier alpha value is -6.15. The summed E-state index contributed by atoms with van der Waals surface area (Å²) in [6, 6.07) is 74.3. The minimum absolute atomic E-state index is 0.631. The first kappa shape index (κ1) is 31.1. The van der Waals surface area contributed by atoms with Gasteiger partial charge in [-0.25, -0.2) is 4.85 Å². The second kappa shape index (κ2) is 13.8. The van der Waals surface area contributed by atoms with E-state index >= 15 is 0 Å². The molecule has 8 aromatic carbocycles. The fraction of sp³-hybridized carbons (Fsp3) is 0. The normalized spacial score (nSPS) is 11.2. The van der Waals surface area contributed by atoms with E-state index in [-0.39, 0.29) is 0 Å². The third-order valence-corrected chi connectivity index (χ3v) is 19.7. The molecule has 0 heterocycles. The first-order valence-corrected chi connectivity index (χ1v) is 21.1. The fourth-order valence-corrected chi connectivity index (χ4v) is 17.2. The van der Waals surface area contributed by atoms with Crippen LogP contribution in [-0.2, 0) is 0 Å². The van der Waals surface area contributed by atoms with E-state index < -0.39 is 13.3 Å². The van der Waals surface area contributed by atoms with Gasteiger partial charge in [-0.2, -0.15) is 0 Å².